The fourth-order valence-corrected chi connectivity index (χ4v) is 2.20. The Morgan fingerprint density at radius 3 is 2.62 bits per heavy atom. The lowest BCUT2D eigenvalue weighted by atomic mass is 10.0. The van der Waals surface area contributed by atoms with Gasteiger partial charge < -0.3 is 4.74 Å². The van der Waals surface area contributed by atoms with Gasteiger partial charge in [-0.25, -0.2) is 4.79 Å². The fraction of sp³-hybridized carbons (Fsp3) is 0.357. The summed E-state index contributed by atoms with van der Waals surface area (Å²) < 4.78 is 43.8. The summed E-state index contributed by atoms with van der Waals surface area (Å²) >= 11 is 5.83. The van der Waals surface area contributed by atoms with Crippen LogP contribution in [0, 0.1) is 17.8 Å². The van der Waals surface area contributed by atoms with Crippen molar-refractivity contribution in [3.05, 3.63) is 28.8 Å². The lowest BCUT2D eigenvalue weighted by Gasteiger charge is -2.32. The fourth-order valence-electron chi connectivity index (χ4n) is 2.02. The third-order valence-corrected chi connectivity index (χ3v) is 3.40. The zero-order chi connectivity index (χ0) is 15.2. The molecule has 1 atom stereocenters. The molecule has 1 aliphatic heterocycles. The van der Waals surface area contributed by atoms with E-state index in [2.05, 4.69) is 11.8 Å². The lowest BCUT2D eigenvalue weighted by molar-refractivity contribution is -0.127. The second kappa shape index (κ2) is 4.85. The Bertz CT molecular complexity index is 658. The number of fused-ring (bicyclic) bond motifs is 1. The van der Waals surface area contributed by atoms with Gasteiger partial charge in [0, 0.05) is 16.5 Å². The van der Waals surface area contributed by atoms with Crippen LogP contribution in [-0.2, 0) is 4.74 Å². The molecule has 0 N–H and O–H groups in total. The number of carbonyl (C=O) groups excluding carboxylic acids is 1. The Kier molecular flexibility index (Phi) is 3.25. The minimum atomic E-state index is -4.87. The van der Waals surface area contributed by atoms with E-state index in [0.717, 1.165) is 18.9 Å². The quantitative estimate of drug-likeness (QED) is 0.528. The number of hydrogen-bond acceptors (Lipinski definition) is 2. The first kappa shape index (κ1) is 14.1. The minimum absolute atomic E-state index is 0.146. The van der Waals surface area contributed by atoms with E-state index < -0.39 is 18.5 Å². The molecular weight excluding hydrogens is 307 g/mol. The third kappa shape index (κ3) is 2.79. The van der Waals surface area contributed by atoms with Crippen LogP contribution in [0.2, 0.25) is 5.02 Å². The summed E-state index contributed by atoms with van der Waals surface area (Å²) in [4.78, 5) is 11.3. The van der Waals surface area contributed by atoms with Crippen molar-refractivity contribution in [3.8, 4) is 11.8 Å². The molecule has 3 nitrogen and oxygen atoms in total. The largest absolute Gasteiger partial charge is 0.494 e. The standard InChI is InChI=1S/C14H9ClF3NO2/c15-9-4-5-11-10(7-9)12(6-3-8-1-2-8)21-13(20)19(11)14(16,17)18/h4-5,7-8,12H,1-2H2/t12-/m0/s1. The Morgan fingerprint density at radius 1 is 1.29 bits per heavy atom. The Morgan fingerprint density at radius 2 is 2.00 bits per heavy atom. The number of benzene rings is 1. The monoisotopic (exact) mass is 315 g/mol. The molecule has 3 rings (SSSR count). The summed E-state index contributed by atoms with van der Waals surface area (Å²) in [5, 5.41) is 0.257. The van der Waals surface area contributed by atoms with Crippen LogP contribution in [0.1, 0.15) is 24.5 Å². The zero-order valence-electron chi connectivity index (χ0n) is 10.6. The van der Waals surface area contributed by atoms with E-state index in [1.165, 1.54) is 12.1 Å². The molecule has 0 aromatic heterocycles. The molecule has 1 aromatic carbocycles. The Balaban J connectivity index is 2.06. The molecular formula is C14H9ClF3NO2. The van der Waals surface area contributed by atoms with E-state index in [9.17, 15) is 18.0 Å². The van der Waals surface area contributed by atoms with Gasteiger partial charge in [0.05, 0.1) is 5.69 Å². The van der Waals surface area contributed by atoms with Crippen LogP contribution >= 0.6 is 11.6 Å². The van der Waals surface area contributed by atoms with Gasteiger partial charge in [-0.15, -0.1) is 13.2 Å². The van der Waals surface area contributed by atoms with Crippen LogP contribution in [0.4, 0.5) is 23.7 Å². The summed E-state index contributed by atoms with van der Waals surface area (Å²) in [6, 6.07) is 3.79. The molecule has 0 saturated heterocycles. The number of ether oxygens (including phenoxy) is 1. The minimum Gasteiger partial charge on any atom is -0.427 e. The average Bonchev–Trinajstić information content (AvgIpc) is 3.18. The van der Waals surface area contributed by atoms with Gasteiger partial charge in [-0.2, -0.15) is 4.90 Å². The van der Waals surface area contributed by atoms with Gasteiger partial charge in [0.2, 0.25) is 0 Å². The molecule has 1 saturated carbocycles. The van der Waals surface area contributed by atoms with Crippen LogP contribution < -0.4 is 4.90 Å². The van der Waals surface area contributed by atoms with Gasteiger partial charge in [-0.1, -0.05) is 23.4 Å². The van der Waals surface area contributed by atoms with Gasteiger partial charge in [0.25, 0.3) is 0 Å². The molecule has 7 heteroatoms. The number of carbonyl (C=O) groups is 1. The number of halogens is 4. The first-order valence-corrected chi connectivity index (χ1v) is 6.62. The average molecular weight is 316 g/mol. The van der Waals surface area contributed by atoms with Gasteiger partial charge in [0.1, 0.15) is 0 Å². The molecule has 2 aliphatic rings. The number of rotatable bonds is 0. The van der Waals surface area contributed by atoms with Crippen molar-refractivity contribution >= 4 is 23.4 Å². The lowest BCUT2D eigenvalue weighted by Crippen LogP contribution is -2.46. The van der Waals surface area contributed by atoms with Crippen molar-refractivity contribution in [2.75, 3.05) is 4.90 Å². The van der Waals surface area contributed by atoms with E-state index in [1.807, 2.05) is 0 Å². The molecule has 1 aromatic rings. The SMILES string of the molecule is O=C1O[C@@H](C#CC2CC2)c2cc(Cl)ccc2N1C(F)(F)F. The van der Waals surface area contributed by atoms with Crippen molar-refractivity contribution in [3.63, 3.8) is 0 Å². The highest BCUT2D eigenvalue weighted by Gasteiger charge is 2.48. The molecule has 0 radical (unpaired) electrons. The van der Waals surface area contributed by atoms with Gasteiger partial charge in [0.15, 0.2) is 6.10 Å². The van der Waals surface area contributed by atoms with E-state index in [-0.39, 0.29) is 27.1 Å². The summed E-state index contributed by atoms with van der Waals surface area (Å²) in [7, 11) is 0. The topological polar surface area (TPSA) is 29.5 Å². The highest BCUT2D eigenvalue weighted by atomic mass is 35.5. The number of nitrogens with zero attached hydrogens (tertiary/aromatic N) is 1. The molecule has 1 aliphatic carbocycles. The second-order valence-electron chi connectivity index (χ2n) is 4.83. The Hall–Kier alpha value is -1.87. The molecule has 1 fully saturated rings. The number of anilines is 1. The Labute approximate surface area is 123 Å². The normalized spacial score (nSPS) is 21.2. The maximum atomic E-state index is 13.0. The molecule has 110 valence electrons. The molecule has 1 heterocycles. The summed E-state index contributed by atoms with van der Waals surface area (Å²) in [6.07, 6.45) is -5.44. The van der Waals surface area contributed by atoms with E-state index in [0.29, 0.717) is 0 Å². The number of amides is 1. The molecule has 21 heavy (non-hydrogen) atoms. The van der Waals surface area contributed by atoms with Gasteiger partial charge >= 0.3 is 12.4 Å². The van der Waals surface area contributed by atoms with Gasteiger partial charge in [-0.05, 0) is 31.0 Å². The van der Waals surface area contributed by atoms with Crippen molar-refractivity contribution < 1.29 is 22.7 Å². The number of hydrogen-bond donors (Lipinski definition) is 0. The highest BCUT2D eigenvalue weighted by Crippen LogP contribution is 2.41. The summed E-state index contributed by atoms with van der Waals surface area (Å²) in [5.41, 5.74) is -0.147. The maximum absolute atomic E-state index is 13.0. The first-order valence-electron chi connectivity index (χ1n) is 6.24. The van der Waals surface area contributed by atoms with Crippen LogP contribution in [0.15, 0.2) is 18.2 Å². The predicted molar refractivity (Wildman–Crippen MR) is 69.7 cm³/mol. The first-order chi connectivity index (χ1) is 9.86. The smallest absolute Gasteiger partial charge is 0.427 e. The third-order valence-electron chi connectivity index (χ3n) is 3.16. The number of alkyl halides is 3. The predicted octanol–water partition coefficient (Wildman–Crippen LogP) is 4.27. The van der Waals surface area contributed by atoms with E-state index in [4.69, 9.17) is 16.3 Å². The van der Waals surface area contributed by atoms with Crippen molar-refractivity contribution in [2.24, 2.45) is 5.92 Å². The summed E-state index contributed by atoms with van der Waals surface area (Å²) in [6.45, 7) is 0. The van der Waals surface area contributed by atoms with Crippen LogP contribution in [-0.4, -0.2) is 12.4 Å². The molecule has 0 bridgehead atoms. The summed E-state index contributed by atoms with van der Waals surface area (Å²) in [5.74, 6) is 5.86. The second-order valence-corrected chi connectivity index (χ2v) is 5.27. The van der Waals surface area contributed by atoms with E-state index in [1.54, 1.807) is 0 Å². The zero-order valence-corrected chi connectivity index (χ0v) is 11.3. The number of cyclic esters (lactones) is 1. The van der Waals surface area contributed by atoms with Crippen molar-refractivity contribution in [2.45, 2.75) is 25.2 Å². The highest BCUT2D eigenvalue weighted by molar-refractivity contribution is 6.30. The molecule has 1 amide bonds. The van der Waals surface area contributed by atoms with Crippen LogP contribution in [0.25, 0.3) is 0 Å². The van der Waals surface area contributed by atoms with Crippen LogP contribution in [0.3, 0.4) is 0 Å². The van der Waals surface area contributed by atoms with E-state index >= 15 is 0 Å². The maximum Gasteiger partial charge on any atom is 0.494 e. The van der Waals surface area contributed by atoms with Crippen molar-refractivity contribution in [1.82, 2.24) is 0 Å². The van der Waals surface area contributed by atoms with Crippen LogP contribution in [0.5, 0.6) is 0 Å². The van der Waals surface area contributed by atoms with Gasteiger partial charge in [-0.3, -0.25) is 0 Å². The van der Waals surface area contributed by atoms with Crippen molar-refractivity contribution in [1.29, 1.82) is 0 Å². The molecule has 0 spiro atoms. The molecule has 0 unspecified atom stereocenters.